The van der Waals surface area contributed by atoms with Crippen LogP contribution < -0.4 is 0 Å². The van der Waals surface area contributed by atoms with Crippen LogP contribution in [0.4, 0.5) is 0 Å². The lowest BCUT2D eigenvalue weighted by Crippen LogP contribution is -2.33. The Balaban J connectivity index is 2.43. The predicted molar refractivity (Wildman–Crippen MR) is 86.8 cm³/mol. The molecular formula is C17H22O4S. The maximum Gasteiger partial charge on any atom is 0.320 e. The molecule has 1 unspecified atom stereocenters. The number of esters is 1. The maximum absolute atomic E-state index is 12.5. The van der Waals surface area contributed by atoms with Crippen LogP contribution in [0.2, 0.25) is 0 Å². The number of hydrogen-bond acceptors (Lipinski definition) is 5. The maximum atomic E-state index is 12.5. The van der Waals surface area contributed by atoms with Gasteiger partial charge in [0, 0.05) is 22.4 Å². The third-order valence-corrected chi connectivity index (χ3v) is 5.18. The second kappa shape index (κ2) is 5.61. The van der Waals surface area contributed by atoms with E-state index >= 15 is 0 Å². The molecule has 2 rings (SSSR count). The van der Waals surface area contributed by atoms with Crippen molar-refractivity contribution in [3.05, 3.63) is 22.3 Å². The molecule has 0 spiro atoms. The molecule has 1 aliphatic heterocycles. The highest BCUT2D eigenvalue weighted by Gasteiger charge is 2.36. The number of carbonyl (C=O) groups is 2. The largest absolute Gasteiger partial charge is 0.507 e. The van der Waals surface area contributed by atoms with Crippen LogP contribution in [-0.4, -0.2) is 27.7 Å². The van der Waals surface area contributed by atoms with E-state index in [1.165, 1.54) is 11.8 Å². The number of ether oxygens (including phenoxy) is 1. The molecule has 1 heterocycles. The first-order chi connectivity index (χ1) is 10.0. The Morgan fingerprint density at radius 2 is 1.77 bits per heavy atom. The zero-order chi connectivity index (χ0) is 16.8. The number of fused-ring (bicyclic) bond motifs is 1. The van der Waals surface area contributed by atoms with Gasteiger partial charge in [0.1, 0.15) is 16.6 Å². The molecule has 1 aromatic rings. The van der Waals surface area contributed by atoms with Crippen LogP contribution in [-0.2, 0) is 9.53 Å². The quantitative estimate of drug-likeness (QED) is 0.799. The smallest absolute Gasteiger partial charge is 0.320 e. The zero-order valence-corrected chi connectivity index (χ0v) is 14.7. The molecule has 0 aliphatic carbocycles. The van der Waals surface area contributed by atoms with Crippen LogP contribution in [0, 0.1) is 20.8 Å². The van der Waals surface area contributed by atoms with Gasteiger partial charge in [-0.25, -0.2) is 0 Å². The van der Waals surface area contributed by atoms with Gasteiger partial charge >= 0.3 is 5.97 Å². The number of phenols is 1. The number of phenolic OH excluding ortho intramolecular Hbond substituents is 1. The number of ketones is 1. The number of benzene rings is 1. The minimum Gasteiger partial charge on any atom is -0.507 e. The first-order valence-corrected chi connectivity index (χ1v) is 8.16. The minimum absolute atomic E-state index is 0.107. The van der Waals surface area contributed by atoms with Crippen LogP contribution in [0.1, 0.15) is 54.2 Å². The molecule has 0 fully saturated rings. The molecule has 4 nitrogen and oxygen atoms in total. The summed E-state index contributed by atoms with van der Waals surface area (Å²) in [6.45, 7) is 10.9. The Morgan fingerprint density at radius 1 is 1.18 bits per heavy atom. The van der Waals surface area contributed by atoms with Crippen molar-refractivity contribution in [3.63, 3.8) is 0 Å². The molecule has 0 saturated carbocycles. The van der Waals surface area contributed by atoms with Gasteiger partial charge in [-0.15, -0.1) is 11.8 Å². The third-order valence-electron chi connectivity index (χ3n) is 3.79. The molecule has 1 atom stereocenters. The summed E-state index contributed by atoms with van der Waals surface area (Å²) in [5.41, 5.74) is 2.17. The van der Waals surface area contributed by atoms with Gasteiger partial charge in [-0.2, -0.15) is 0 Å². The fourth-order valence-corrected chi connectivity index (χ4v) is 3.92. The van der Waals surface area contributed by atoms with Gasteiger partial charge in [0.15, 0.2) is 5.78 Å². The number of aromatic hydroxyl groups is 1. The monoisotopic (exact) mass is 322 g/mol. The summed E-state index contributed by atoms with van der Waals surface area (Å²) in [6, 6.07) is 0. The van der Waals surface area contributed by atoms with Crippen molar-refractivity contribution in [2.75, 3.05) is 0 Å². The van der Waals surface area contributed by atoms with Gasteiger partial charge in [-0.3, -0.25) is 9.59 Å². The Bertz CT molecular complexity index is 656. The Hall–Kier alpha value is -1.49. The van der Waals surface area contributed by atoms with Crippen LogP contribution >= 0.6 is 11.8 Å². The highest BCUT2D eigenvalue weighted by Crippen LogP contribution is 2.44. The molecule has 1 N–H and O–H groups in total. The molecule has 0 amide bonds. The number of Topliss-reactive ketones (excluding diaryl/α,β-unsaturated/α-hetero) is 1. The van der Waals surface area contributed by atoms with E-state index < -0.39 is 10.9 Å². The first-order valence-electron chi connectivity index (χ1n) is 7.28. The van der Waals surface area contributed by atoms with E-state index in [9.17, 15) is 14.7 Å². The lowest BCUT2D eigenvalue weighted by atomic mass is 9.94. The van der Waals surface area contributed by atoms with Gasteiger partial charge in [0.2, 0.25) is 0 Å². The van der Waals surface area contributed by atoms with E-state index in [0.29, 0.717) is 11.1 Å². The lowest BCUT2D eigenvalue weighted by Gasteiger charge is -2.28. The standard InChI is InChI=1S/C17H22O4S/c1-8-9(2)15-13(10(3)14(8)19)11(18)7-12(22-15)16(20)21-17(4,5)6/h12,19H,7H2,1-6H3. The van der Waals surface area contributed by atoms with Crippen LogP contribution in [0.15, 0.2) is 4.90 Å². The third kappa shape index (κ3) is 3.00. The SMILES string of the molecule is Cc1c(C)c2c(c(C)c1O)C(=O)CC(C(=O)OC(C)(C)C)S2. The second-order valence-electron chi connectivity index (χ2n) is 6.69. The van der Waals surface area contributed by atoms with Crippen molar-refractivity contribution in [2.45, 2.75) is 63.7 Å². The van der Waals surface area contributed by atoms with Crippen molar-refractivity contribution in [1.82, 2.24) is 0 Å². The van der Waals surface area contributed by atoms with Gasteiger partial charge < -0.3 is 9.84 Å². The molecule has 22 heavy (non-hydrogen) atoms. The van der Waals surface area contributed by atoms with E-state index in [0.717, 1.165) is 16.0 Å². The summed E-state index contributed by atoms with van der Waals surface area (Å²) in [5, 5.41) is 9.61. The molecule has 120 valence electrons. The van der Waals surface area contributed by atoms with Gasteiger partial charge in [0.25, 0.3) is 0 Å². The molecule has 1 aromatic carbocycles. The summed E-state index contributed by atoms with van der Waals surface area (Å²) in [5.74, 6) is -0.305. The molecule has 1 aliphatic rings. The molecule has 0 saturated heterocycles. The summed E-state index contributed by atoms with van der Waals surface area (Å²) in [7, 11) is 0. The molecule has 0 aromatic heterocycles. The average molecular weight is 322 g/mol. The fraction of sp³-hybridized carbons (Fsp3) is 0.529. The molecule has 5 heteroatoms. The Labute approximate surface area is 135 Å². The summed E-state index contributed by atoms with van der Waals surface area (Å²) >= 11 is 1.37. The van der Waals surface area contributed by atoms with Crippen molar-refractivity contribution >= 4 is 23.5 Å². The fourth-order valence-electron chi connectivity index (χ4n) is 2.54. The van der Waals surface area contributed by atoms with Gasteiger partial charge in [0.05, 0.1) is 0 Å². The van der Waals surface area contributed by atoms with Crippen molar-refractivity contribution in [1.29, 1.82) is 0 Å². The first kappa shape index (κ1) is 16.9. The normalized spacial score (nSPS) is 18.1. The Kier molecular flexibility index (Phi) is 4.30. The number of rotatable bonds is 1. The van der Waals surface area contributed by atoms with Crippen molar-refractivity contribution in [2.24, 2.45) is 0 Å². The Morgan fingerprint density at radius 3 is 2.32 bits per heavy atom. The van der Waals surface area contributed by atoms with E-state index in [-0.39, 0.29) is 23.9 Å². The number of hydrogen-bond donors (Lipinski definition) is 1. The van der Waals surface area contributed by atoms with Crippen LogP contribution in [0.5, 0.6) is 5.75 Å². The van der Waals surface area contributed by atoms with E-state index in [1.54, 1.807) is 6.92 Å². The molecule has 0 radical (unpaired) electrons. The highest BCUT2D eigenvalue weighted by molar-refractivity contribution is 8.00. The van der Waals surface area contributed by atoms with Crippen LogP contribution in [0.25, 0.3) is 0 Å². The van der Waals surface area contributed by atoms with E-state index in [2.05, 4.69) is 0 Å². The van der Waals surface area contributed by atoms with Crippen molar-refractivity contribution < 1.29 is 19.4 Å². The average Bonchev–Trinajstić information content (AvgIpc) is 2.40. The van der Waals surface area contributed by atoms with E-state index in [1.807, 2.05) is 34.6 Å². The highest BCUT2D eigenvalue weighted by atomic mass is 32.2. The van der Waals surface area contributed by atoms with Crippen LogP contribution in [0.3, 0.4) is 0 Å². The van der Waals surface area contributed by atoms with Gasteiger partial charge in [-0.05, 0) is 52.7 Å². The minimum atomic E-state index is -0.573. The summed E-state index contributed by atoms with van der Waals surface area (Å²) < 4.78 is 5.40. The molecular weight excluding hydrogens is 300 g/mol. The summed E-state index contributed by atoms with van der Waals surface area (Å²) in [4.78, 5) is 25.5. The predicted octanol–water partition coefficient (Wildman–Crippen LogP) is 3.71. The lowest BCUT2D eigenvalue weighted by molar-refractivity contribution is -0.154. The van der Waals surface area contributed by atoms with E-state index in [4.69, 9.17) is 4.74 Å². The topological polar surface area (TPSA) is 63.6 Å². The number of carbonyl (C=O) groups excluding carboxylic acids is 2. The molecule has 0 bridgehead atoms. The zero-order valence-electron chi connectivity index (χ0n) is 13.9. The number of thioether (sulfide) groups is 1. The second-order valence-corrected chi connectivity index (χ2v) is 7.91. The summed E-state index contributed by atoms with van der Waals surface area (Å²) in [6.07, 6.45) is 0.107. The van der Waals surface area contributed by atoms with Gasteiger partial charge in [-0.1, -0.05) is 0 Å². The van der Waals surface area contributed by atoms with Crippen molar-refractivity contribution in [3.8, 4) is 5.75 Å².